The number of furan rings is 1. The molecule has 0 fully saturated rings. The van der Waals surface area contributed by atoms with Gasteiger partial charge in [-0.3, -0.25) is 14.2 Å². The number of amides is 1. The highest BCUT2D eigenvalue weighted by Crippen LogP contribution is 2.26. The van der Waals surface area contributed by atoms with E-state index in [4.69, 9.17) is 4.42 Å². The molecule has 0 aliphatic rings. The molecule has 0 aliphatic carbocycles. The third-order valence-corrected chi connectivity index (χ3v) is 6.52. The van der Waals surface area contributed by atoms with Crippen LogP contribution in [0.4, 0.5) is 10.1 Å². The number of hydrogen-bond acceptors (Lipinski definition) is 6. The van der Waals surface area contributed by atoms with Gasteiger partial charge in [-0.15, -0.1) is 11.3 Å². The molecule has 0 saturated heterocycles. The molecule has 0 unspecified atom stereocenters. The number of hydrogen-bond donors (Lipinski definition) is 1. The standard InChI is InChI=1S/C21H18FN3O3S2/c1-2-16-10-17-19(30-16)24-21(25(20(17)27)11-15-4-3-9-28-15)29-12-18(26)23-14-7-5-13(22)6-8-14/h3-10H,2,11-12H2,1H3,(H,23,26). The quantitative estimate of drug-likeness (QED) is 0.335. The molecule has 3 heterocycles. The van der Waals surface area contributed by atoms with Crippen molar-refractivity contribution in [3.05, 3.63) is 75.5 Å². The number of nitrogens with one attached hydrogen (secondary N) is 1. The summed E-state index contributed by atoms with van der Waals surface area (Å²) in [6.45, 7) is 2.26. The molecule has 9 heteroatoms. The van der Waals surface area contributed by atoms with Gasteiger partial charge in [0.1, 0.15) is 16.4 Å². The molecule has 3 aromatic heterocycles. The number of fused-ring (bicyclic) bond motifs is 1. The van der Waals surface area contributed by atoms with E-state index in [2.05, 4.69) is 10.3 Å². The molecule has 0 saturated carbocycles. The van der Waals surface area contributed by atoms with Crippen molar-refractivity contribution in [2.45, 2.75) is 25.0 Å². The van der Waals surface area contributed by atoms with Crippen LogP contribution in [0.1, 0.15) is 17.6 Å². The van der Waals surface area contributed by atoms with E-state index in [1.54, 1.807) is 18.4 Å². The second kappa shape index (κ2) is 8.85. The maximum absolute atomic E-state index is 13.1. The van der Waals surface area contributed by atoms with Crippen molar-refractivity contribution in [3.8, 4) is 0 Å². The van der Waals surface area contributed by atoms with E-state index in [0.29, 0.717) is 26.8 Å². The van der Waals surface area contributed by atoms with Crippen molar-refractivity contribution in [2.75, 3.05) is 11.1 Å². The third-order valence-electron chi connectivity index (χ3n) is 4.37. The Balaban J connectivity index is 1.60. The number of thiophene rings is 1. The first-order valence-electron chi connectivity index (χ1n) is 9.27. The molecule has 30 heavy (non-hydrogen) atoms. The third kappa shape index (κ3) is 4.47. The number of benzene rings is 1. The first-order valence-corrected chi connectivity index (χ1v) is 11.1. The van der Waals surface area contributed by atoms with Crippen LogP contribution in [0.25, 0.3) is 10.2 Å². The number of nitrogens with zero attached hydrogens (tertiary/aromatic N) is 2. The topological polar surface area (TPSA) is 77.1 Å². The fourth-order valence-corrected chi connectivity index (χ4v) is 4.70. The Morgan fingerprint density at radius 2 is 2.10 bits per heavy atom. The van der Waals surface area contributed by atoms with Gasteiger partial charge in [-0.1, -0.05) is 18.7 Å². The van der Waals surface area contributed by atoms with Gasteiger partial charge >= 0.3 is 0 Å². The van der Waals surface area contributed by atoms with Crippen LogP contribution in [0, 0.1) is 5.82 Å². The van der Waals surface area contributed by atoms with Gasteiger partial charge in [0, 0.05) is 10.6 Å². The number of carbonyl (C=O) groups excluding carboxylic acids is 1. The summed E-state index contributed by atoms with van der Waals surface area (Å²) in [6, 6.07) is 11.0. The van der Waals surface area contributed by atoms with E-state index in [-0.39, 0.29) is 29.6 Å². The first-order chi connectivity index (χ1) is 14.5. The predicted octanol–water partition coefficient (Wildman–Crippen LogP) is 4.53. The number of rotatable bonds is 7. The van der Waals surface area contributed by atoms with Gasteiger partial charge in [-0.2, -0.15) is 0 Å². The predicted molar refractivity (Wildman–Crippen MR) is 117 cm³/mol. The molecule has 0 atom stereocenters. The second-order valence-electron chi connectivity index (χ2n) is 6.49. The maximum Gasteiger partial charge on any atom is 0.263 e. The van der Waals surface area contributed by atoms with Crippen LogP contribution in [0.2, 0.25) is 0 Å². The fourth-order valence-electron chi connectivity index (χ4n) is 2.89. The zero-order valence-corrected chi connectivity index (χ0v) is 17.7. The Hall–Kier alpha value is -2.91. The van der Waals surface area contributed by atoms with Crippen LogP contribution in [-0.2, 0) is 17.8 Å². The Kier molecular flexibility index (Phi) is 6.01. The Bertz CT molecular complexity index is 1230. The number of aryl methyl sites for hydroxylation is 1. The highest BCUT2D eigenvalue weighted by molar-refractivity contribution is 7.99. The fraction of sp³-hybridized carbons (Fsp3) is 0.190. The Morgan fingerprint density at radius 3 is 2.80 bits per heavy atom. The zero-order chi connectivity index (χ0) is 21.1. The first kappa shape index (κ1) is 20.4. The highest BCUT2D eigenvalue weighted by atomic mass is 32.2. The molecule has 0 aliphatic heterocycles. The average Bonchev–Trinajstić information content (AvgIpc) is 3.40. The highest BCUT2D eigenvalue weighted by Gasteiger charge is 2.17. The van der Waals surface area contributed by atoms with Crippen LogP contribution in [0.3, 0.4) is 0 Å². The Morgan fingerprint density at radius 1 is 1.30 bits per heavy atom. The number of carbonyl (C=O) groups is 1. The van der Waals surface area contributed by atoms with E-state index in [1.165, 1.54) is 51.9 Å². The number of aromatic nitrogens is 2. The number of anilines is 1. The lowest BCUT2D eigenvalue weighted by molar-refractivity contribution is -0.113. The summed E-state index contributed by atoms with van der Waals surface area (Å²) < 4.78 is 19.9. The van der Waals surface area contributed by atoms with E-state index < -0.39 is 0 Å². The number of thioether (sulfide) groups is 1. The van der Waals surface area contributed by atoms with Crippen molar-refractivity contribution in [3.63, 3.8) is 0 Å². The molecule has 154 valence electrons. The van der Waals surface area contributed by atoms with Crippen molar-refractivity contribution in [2.24, 2.45) is 0 Å². The molecule has 4 rings (SSSR count). The van der Waals surface area contributed by atoms with Gasteiger partial charge in [0.05, 0.1) is 23.9 Å². The van der Waals surface area contributed by atoms with E-state index in [0.717, 1.165) is 11.3 Å². The lowest BCUT2D eigenvalue weighted by atomic mass is 10.3. The van der Waals surface area contributed by atoms with Crippen LogP contribution in [-0.4, -0.2) is 21.2 Å². The van der Waals surface area contributed by atoms with E-state index in [9.17, 15) is 14.0 Å². The summed E-state index contributed by atoms with van der Waals surface area (Å²) in [7, 11) is 0. The molecule has 6 nitrogen and oxygen atoms in total. The van der Waals surface area contributed by atoms with Gasteiger partial charge in [0.25, 0.3) is 5.56 Å². The number of halogens is 1. The summed E-state index contributed by atoms with van der Waals surface area (Å²) in [4.78, 5) is 31.8. The van der Waals surface area contributed by atoms with Gasteiger partial charge in [-0.05, 0) is 48.9 Å². The lowest BCUT2D eigenvalue weighted by Crippen LogP contribution is -2.24. The molecule has 0 spiro atoms. The molecule has 0 bridgehead atoms. The summed E-state index contributed by atoms with van der Waals surface area (Å²) in [5.74, 6) is 0.0383. The Labute approximate surface area is 179 Å². The van der Waals surface area contributed by atoms with Crippen LogP contribution < -0.4 is 10.9 Å². The second-order valence-corrected chi connectivity index (χ2v) is 8.55. The monoisotopic (exact) mass is 443 g/mol. The summed E-state index contributed by atoms with van der Waals surface area (Å²) in [6.07, 6.45) is 2.37. The van der Waals surface area contributed by atoms with Crippen molar-refractivity contribution in [1.29, 1.82) is 0 Å². The normalized spacial score (nSPS) is 11.1. The molecule has 1 amide bonds. The van der Waals surface area contributed by atoms with Crippen molar-refractivity contribution < 1.29 is 13.6 Å². The smallest absolute Gasteiger partial charge is 0.263 e. The van der Waals surface area contributed by atoms with Crippen molar-refractivity contribution >= 4 is 44.9 Å². The minimum Gasteiger partial charge on any atom is -0.467 e. The molecule has 1 aromatic carbocycles. The molecule has 1 N–H and O–H groups in total. The minimum absolute atomic E-state index is 0.0550. The summed E-state index contributed by atoms with van der Waals surface area (Å²) >= 11 is 2.66. The van der Waals surface area contributed by atoms with Gasteiger partial charge < -0.3 is 9.73 Å². The zero-order valence-electron chi connectivity index (χ0n) is 16.1. The van der Waals surface area contributed by atoms with Gasteiger partial charge in [0.15, 0.2) is 5.16 Å². The van der Waals surface area contributed by atoms with E-state index in [1.807, 2.05) is 13.0 Å². The average molecular weight is 444 g/mol. The maximum atomic E-state index is 13.1. The minimum atomic E-state index is -0.371. The van der Waals surface area contributed by atoms with Gasteiger partial charge in [0.2, 0.25) is 5.91 Å². The summed E-state index contributed by atoms with van der Waals surface area (Å²) in [5.41, 5.74) is 0.345. The molecule has 4 aromatic rings. The van der Waals surface area contributed by atoms with Crippen LogP contribution >= 0.6 is 23.1 Å². The molecule has 0 radical (unpaired) electrons. The summed E-state index contributed by atoms with van der Waals surface area (Å²) in [5, 5.41) is 3.73. The van der Waals surface area contributed by atoms with Crippen LogP contribution in [0.15, 0.2) is 63.1 Å². The largest absolute Gasteiger partial charge is 0.467 e. The van der Waals surface area contributed by atoms with E-state index >= 15 is 0 Å². The lowest BCUT2D eigenvalue weighted by Gasteiger charge is -2.11. The molecular weight excluding hydrogens is 425 g/mol. The van der Waals surface area contributed by atoms with Gasteiger partial charge in [-0.25, -0.2) is 9.37 Å². The molecular formula is C21H18FN3O3S2. The SMILES string of the molecule is CCc1cc2c(=O)n(Cc3ccco3)c(SCC(=O)Nc3ccc(F)cc3)nc2s1. The van der Waals surface area contributed by atoms with Crippen LogP contribution in [0.5, 0.6) is 0 Å². The van der Waals surface area contributed by atoms with Crippen molar-refractivity contribution in [1.82, 2.24) is 9.55 Å².